The van der Waals surface area contributed by atoms with Crippen molar-refractivity contribution in [3.05, 3.63) is 0 Å². The molecule has 1 aliphatic carbocycles. The van der Waals surface area contributed by atoms with Gasteiger partial charge < -0.3 is 15.4 Å². The normalized spacial score (nSPS) is 22.8. The SMILES string of the molecule is C#CCCCN(C(=O)OC(C)(C)C)[C@H]1C[C@H](N)C1. The third-order valence-electron chi connectivity index (χ3n) is 2.94. The van der Waals surface area contributed by atoms with Gasteiger partial charge in [-0.15, -0.1) is 12.3 Å². The molecule has 0 unspecified atom stereocenters. The van der Waals surface area contributed by atoms with Gasteiger partial charge in [-0.25, -0.2) is 4.79 Å². The molecule has 4 heteroatoms. The second-order valence-corrected chi connectivity index (χ2v) is 5.87. The minimum absolute atomic E-state index is 0.215. The van der Waals surface area contributed by atoms with Crippen molar-refractivity contribution >= 4 is 6.09 Å². The highest BCUT2D eigenvalue weighted by Gasteiger charge is 2.35. The molecule has 1 aliphatic rings. The molecule has 1 amide bonds. The van der Waals surface area contributed by atoms with Crippen LogP contribution in [-0.4, -0.2) is 35.2 Å². The predicted molar refractivity (Wildman–Crippen MR) is 72.0 cm³/mol. The molecule has 1 saturated carbocycles. The number of terminal acetylenes is 1. The lowest BCUT2D eigenvalue weighted by atomic mass is 9.86. The summed E-state index contributed by atoms with van der Waals surface area (Å²) in [6, 6.07) is 0.431. The molecule has 4 nitrogen and oxygen atoms in total. The Labute approximate surface area is 110 Å². The molecule has 0 bridgehead atoms. The highest BCUT2D eigenvalue weighted by molar-refractivity contribution is 5.68. The highest BCUT2D eigenvalue weighted by atomic mass is 16.6. The molecule has 18 heavy (non-hydrogen) atoms. The van der Waals surface area contributed by atoms with E-state index >= 15 is 0 Å². The first kappa shape index (κ1) is 14.8. The van der Waals surface area contributed by atoms with Gasteiger partial charge in [-0.05, 0) is 40.0 Å². The van der Waals surface area contributed by atoms with Gasteiger partial charge in [0.05, 0.1) is 0 Å². The lowest BCUT2D eigenvalue weighted by Gasteiger charge is -2.41. The zero-order chi connectivity index (χ0) is 13.8. The number of nitrogens with two attached hydrogens (primary N) is 1. The zero-order valence-electron chi connectivity index (χ0n) is 11.6. The van der Waals surface area contributed by atoms with Crippen molar-refractivity contribution in [1.82, 2.24) is 4.90 Å². The number of ether oxygens (including phenoxy) is 1. The van der Waals surface area contributed by atoms with E-state index in [-0.39, 0.29) is 18.2 Å². The largest absolute Gasteiger partial charge is 0.444 e. The quantitative estimate of drug-likeness (QED) is 0.616. The molecule has 102 valence electrons. The van der Waals surface area contributed by atoms with Gasteiger partial charge in [0.25, 0.3) is 0 Å². The lowest BCUT2D eigenvalue weighted by molar-refractivity contribution is 0.00450. The van der Waals surface area contributed by atoms with Crippen LogP contribution < -0.4 is 5.73 Å². The van der Waals surface area contributed by atoms with Gasteiger partial charge in [0.15, 0.2) is 0 Å². The Morgan fingerprint density at radius 1 is 1.50 bits per heavy atom. The van der Waals surface area contributed by atoms with E-state index in [9.17, 15) is 4.79 Å². The average Bonchev–Trinajstić information content (AvgIpc) is 2.18. The summed E-state index contributed by atoms with van der Waals surface area (Å²) in [5.41, 5.74) is 5.31. The number of nitrogens with zero attached hydrogens (tertiary/aromatic N) is 1. The van der Waals surface area contributed by atoms with Crippen molar-refractivity contribution in [2.24, 2.45) is 5.73 Å². The summed E-state index contributed by atoms with van der Waals surface area (Å²) in [5, 5.41) is 0. The summed E-state index contributed by atoms with van der Waals surface area (Å²) in [6.45, 7) is 6.27. The average molecular weight is 252 g/mol. The summed E-state index contributed by atoms with van der Waals surface area (Å²) in [5.74, 6) is 2.59. The van der Waals surface area contributed by atoms with Gasteiger partial charge in [0.2, 0.25) is 0 Å². The van der Waals surface area contributed by atoms with Crippen molar-refractivity contribution in [3.8, 4) is 12.3 Å². The van der Waals surface area contributed by atoms with Gasteiger partial charge in [0.1, 0.15) is 5.60 Å². The maximum absolute atomic E-state index is 12.1. The standard InChI is InChI=1S/C14H24N2O2/c1-5-6-7-8-16(12-9-11(15)10-12)13(17)18-14(2,3)4/h1,11-12H,6-10,15H2,2-4H3/t11-,12-. The van der Waals surface area contributed by atoms with Gasteiger partial charge in [-0.2, -0.15) is 0 Å². The number of rotatable bonds is 4. The Kier molecular flexibility index (Phi) is 5.03. The van der Waals surface area contributed by atoms with E-state index in [1.807, 2.05) is 20.8 Å². The molecule has 2 N–H and O–H groups in total. The fraction of sp³-hybridized carbons (Fsp3) is 0.786. The maximum atomic E-state index is 12.1. The summed E-state index contributed by atoms with van der Waals surface area (Å²) in [6.07, 6.45) is 8.18. The van der Waals surface area contributed by atoms with Crippen LogP contribution in [0.3, 0.4) is 0 Å². The van der Waals surface area contributed by atoms with Gasteiger partial charge >= 0.3 is 6.09 Å². The van der Waals surface area contributed by atoms with E-state index in [1.165, 1.54) is 0 Å². The van der Waals surface area contributed by atoms with Crippen LogP contribution in [0.1, 0.15) is 46.5 Å². The van der Waals surface area contributed by atoms with E-state index in [1.54, 1.807) is 4.90 Å². The molecule has 0 spiro atoms. The fourth-order valence-corrected chi connectivity index (χ4v) is 1.98. The molecule has 1 fully saturated rings. The summed E-state index contributed by atoms with van der Waals surface area (Å²) in [4.78, 5) is 13.9. The number of carbonyl (C=O) groups excluding carboxylic acids is 1. The summed E-state index contributed by atoms with van der Waals surface area (Å²) >= 11 is 0. The monoisotopic (exact) mass is 252 g/mol. The van der Waals surface area contributed by atoms with Crippen LogP contribution in [0, 0.1) is 12.3 Å². The van der Waals surface area contributed by atoms with E-state index in [4.69, 9.17) is 16.9 Å². The first-order chi connectivity index (χ1) is 8.33. The van der Waals surface area contributed by atoms with Crippen LogP contribution in [-0.2, 0) is 4.74 Å². The van der Waals surface area contributed by atoms with Gasteiger partial charge in [-0.1, -0.05) is 0 Å². The van der Waals surface area contributed by atoms with Crippen molar-refractivity contribution < 1.29 is 9.53 Å². The molecule has 0 aromatic carbocycles. The molecule has 0 aromatic rings. The molecule has 0 aromatic heterocycles. The van der Waals surface area contributed by atoms with Crippen LogP contribution in [0.5, 0.6) is 0 Å². The van der Waals surface area contributed by atoms with Crippen LogP contribution in [0.4, 0.5) is 4.79 Å². The zero-order valence-corrected chi connectivity index (χ0v) is 11.6. The summed E-state index contributed by atoms with van der Waals surface area (Å²) < 4.78 is 5.42. The Morgan fingerprint density at radius 2 is 2.11 bits per heavy atom. The van der Waals surface area contributed by atoms with E-state index in [0.717, 1.165) is 19.3 Å². The predicted octanol–water partition coefficient (Wildman–Crippen LogP) is 2.13. The van der Waals surface area contributed by atoms with E-state index < -0.39 is 5.60 Å². The first-order valence-corrected chi connectivity index (χ1v) is 6.52. The molecule has 1 rings (SSSR count). The minimum atomic E-state index is -0.465. The first-order valence-electron chi connectivity index (χ1n) is 6.52. The Balaban J connectivity index is 2.54. The van der Waals surface area contributed by atoms with Crippen LogP contribution in [0.15, 0.2) is 0 Å². The van der Waals surface area contributed by atoms with Crippen molar-refractivity contribution in [2.75, 3.05) is 6.54 Å². The number of hydrogen-bond acceptors (Lipinski definition) is 3. The van der Waals surface area contributed by atoms with E-state index in [2.05, 4.69) is 5.92 Å². The molecular weight excluding hydrogens is 228 g/mol. The van der Waals surface area contributed by atoms with Crippen LogP contribution >= 0.6 is 0 Å². The van der Waals surface area contributed by atoms with Gasteiger partial charge in [-0.3, -0.25) is 0 Å². The van der Waals surface area contributed by atoms with E-state index in [0.29, 0.717) is 13.0 Å². The third-order valence-corrected chi connectivity index (χ3v) is 2.94. The smallest absolute Gasteiger partial charge is 0.410 e. The summed E-state index contributed by atoms with van der Waals surface area (Å²) in [7, 11) is 0. The fourth-order valence-electron chi connectivity index (χ4n) is 1.98. The minimum Gasteiger partial charge on any atom is -0.444 e. The number of carbonyl (C=O) groups is 1. The van der Waals surface area contributed by atoms with Crippen molar-refractivity contribution in [1.29, 1.82) is 0 Å². The Hall–Kier alpha value is -1.21. The molecule has 0 aliphatic heterocycles. The topological polar surface area (TPSA) is 55.6 Å². The molecule has 0 heterocycles. The Morgan fingerprint density at radius 3 is 2.56 bits per heavy atom. The molecule has 0 saturated heterocycles. The maximum Gasteiger partial charge on any atom is 0.410 e. The second-order valence-electron chi connectivity index (χ2n) is 5.87. The van der Waals surface area contributed by atoms with Gasteiger partial charge in [0, 0.05) is 25.0 Å². The highest BCUT2D eigenvalue weighted by Crippen LogP contribution is 2.26. The number of amides is 1. The van der Waals surface area contributed by atoms with Crippen LogP contribution in [0.2, 0.25) is 0 Å². The van der Waals surface area contributed by atoms with Crippen LogP contribution in [0.25, 0.3) is 0 Å². The second kappa shape index (κ2) is 6.10. The molecule has 0 atom stereocenters. The number of hydrogen-bond donors (Lipinski definition) is 1. The third kappa shape index (κ3) is 4.58. The van der Waals surface area contributed by atoms with Crippen molar-refractivity contribution in [3.63, 3.8) is 0 Å². The number of unbranched alkanes of at least 4 members (excludes halogenated alkanes) is 1. The molecular formula is C14H24N2O2. The molecule has 0 radical (unpaired) electrons. The van der Waals surface area contributed by atoms with Crippen molar-refractivity contribution in [2.45, 2.75) is 64.1 Å². The lowest BCUT2D eigenvalue weighted by Crippen LogP contribution is -2.54. The Bertz CT molecular complexity index is 322.